The van der Waals surface area contributed by atoms with E-state index in [9.17, 15) is 14.7 Å². The van der Waals surface area contributed by atoms with Crippen molar-refractivity contribution in [2.24, 2.45) is 0 Å². The molecule has 1 aromatic rings. The van der Waals surface area contributed by atoms with Crippen molar-refractivity contribution in [1.29, 1.82) is 0 Å². The third-order valence-electron chi connectivity index (χ3n) is 3.38. The number of amides is 2. The second-order valence-electron chi connectivity index (χ2n) is 4.92. The van der Waals surface area contributed by atoms with Crippen molar-refractivity contribution in [3.05, 3.63) is 29.8 Å². The number of hydrogen-bond acceptors (Lipinski definition) is 4. The molecule has 1 aliphatic heterocycles. The maximum absolute atomic E-state index is 12.2. The monoisotopic (exact) mass is 294 g/mol. The number of carboxylic acids is 1. The van der Waals surface area contributed by atoms with Crippen molar-refractivity contribution in [2.45, 2.75) is 25.2 Å². The molecule has 0 aromatic heterocycles. The van der Waals surface area contributed by atoms with Gasteiger partial charge in [0.2, 0.25) is 0 Å². The number of anilines is 1. The van der Waals surface area contributed by atoms with E-state index in [2.05, 4.69) is 5.32 Å². The van der Waals surface area contributed by atoms with Crippen LogP contribution in [0.2, 0.25) is 0 Å². The summed E-state index contributed by atoms with van der Waals surface area (Å²) in [4.78, 5) is 24.5. The summed E-state index contributed by atoms with van der Waals surface area (Å²) in [5.74, 6) is -1.12. The summed E-state index contributed by atoms with van der Waals surface area (Å²) in [6, 6.07) is 5.57. The smallest absolute Gasteiger partial charge is 0.326 e. The number of ether oxygens (including phenoxy) is 1. The van der Waals surface area contributed by atoms with Crippen molar-refractivity contribution in [1.82, 2.24) is 4.90 Å². The first-order valence-electron chi connectivity index (χ1n) is 6.58. The Morgan fingerprint density at radius 2 is 2.14 bits per heavy atom. The third kappa shape index (κ3) is 3.50. The first-order chi connectivity index (χ1) is 10.0. The number of β-amino-alcohol motifs (C(OH)–C–C–N with tert-alkyl or cyclic N) is 1. The van der Waals surface area contributed by atoms with Gasteiger partial charge in [-0.2, -0.15) is 0 Å². The van der Waals surface area contributed by atoms with Crippen LogP contribution in [0, 0.1) is 0 Å². The summed E-state index contributed by atoms with van der Waals surface area (Å²) in [5.41, 5.74) is 1.36. The van der Waals surface area contributed by atoms with Crippen LogP contribution in [0.15, 0.2) is 24.3 Å². The van der Waals surface area contributed by atoms with E-state index < -0.39 is 24.1 Å². The van der Waals surface area contributed by atoms with Gasteiger partial charge in [-0.05, 0) is 6.07 Å². The molecule has 1 fully saturated rings. The molecule has 7 heteroatoms. The minimum atomic E-state index is -1.12. The zero-order valence-corrected chi connectivity index (χ0v) is 11.7. The molecule has 0 aliphatic carbocycles. The number of aliphatic hydroxyl groups is 1. The molecule has 0 radical (unpaired) electrons. The zero-order chi connectivity index (χ0) is 15.4. The largest absolute Gasteiger partial charge is 0.480 e. The fourth-order valence-electron chi connectivity index (χ4n) is 2.38. The van der Waals surface area contributed by atoms with Gasteiger partial charge >= 0.3 is 12.0 Å². The van der Waals surface area contributed by atoms with Gasteiger partial charge in [-0.25, -0.2) is 9.59 Å². The van der Waals surface area contributed by atoms with E-state index in [4.69, 9.17) is 9.84 Å². The lowest BCUT2D eigenvalue weighted by Gasteiger charge is -2.22. The topological polar surface area (TPSA) is 99.1 Å². The zero-order valence-electron chi connectivity index (χ0n) is 11.7. The lowest BCUT2D eigenvalue weighted by atomic mass is 10.2. The first kappa shape index (κ1) is 15.3. The van der Waals surface area contributed by atoms with Gasteiger partial charge in [-0.15, -0.1) is 0 Å². The van der Waals surface area contributed by atoms with E-state index in [1.54, 1.807) is 19.2 Å². The van der Waals surface area contributed by atoms with E-state index >= 15 is 0 Å². The number of carbonyl (C=O) groups is 2. The SMILES string of the molecule is COCc1ccccc1NC(=O)N1C[C@H](O)C[C@@H]1C(=O)O. The Kier molecular flexibility index (Phi) is 4.77. The Balaban J connectivity index is 2.12. The van der Waals surface area contributed by atoms with Crippen molar-refractivity contribution in [2.75, 3.05) is 19.0 Å². The second-order valence-corrected chi connectivity index (χ2v) is 4.92. The number of likely N-dealkylation sites (tertiary alicyclic amines) is 1. The van der Waals surface area contributed by atoms with Crippen LogP contribution in [-0.2, 0) is 16.1 Å². The Labute approximate surface area is 122 Å². The van der Waals surface area contributed by atoms with Gasteiger partial charge in [0, 0.05) is 31.3 Å². The van der Waals surface area contributed by atoms with Crippen LogP contribution in [0.5, 0.6) is 0 Å². The van der Waals surface area contributed by atoms with Gasteiger partial charge in [0.05, 0.1) is 12.7 Å². The third-order valence-corrected chi connectivity index (χ3v) is 3.38. The molecule has 2 rings (SSSR count). The predicted octanol–water partition coefficient (Wildman–Crippen LogP) is 0.885. The standard InChI is InChI=1S/C14H18N2O5/c1-21-8-9-4-2-3-5-11(9)15-14(20)16-7-10(17)6-12(16)13(18)19/h2-5,10,12,17H,6-8H2,1H3,(H,15,20)(H,18,19)/t10-,12-/m1/s1. The van der Waals surface area contributed by atoms with E-state index in [-0.39, 0.29) is 13.0 Å². The summed E-state index contributed by atoms with van der Waals surface area (Å²) in [6.45, 7) is 0.344. The molecule has 1 aromatic carbocycles. The molecule has 0 saturated carbocycles. The molecule has 1 saturated heterocycles. The summed E-state index contributed by atoms with van der Waals surface area (Å²) in [5, 5.41) is 21.3. The lowest BCUT2D eigenvalue weighted by Crippen LogP contribution is -2.43. The number of hydrogen-bond donors (Lipinski definition) is 3. The van der Waals surface area contributed by atoms with E-state index in [1.165, 1.54) is 0 Å². The fourth-order valence-corrected chi connectivity index (χ4v) is 2.38. The van der Waals surface area contributed by atoms with Gasteiger partial charge in [0.15, 0.2) is 0 Å². The molecule has 1 aliphatic rings. The Hall–Kier alpha value is -2.12. The highest BCUT2D eigenvalue weighted by atomic mass is 16.5. The van der Waals surface area contributed by atoms with Crippen molar-refractivity contribution in [3.63, 3.8) is 0 Å². The van der Waals surface area contributed by atoms with Crippen molar-refractivity contribution < 1.29 is 24.5 Å². The second kappa shape index (κ2) is 6.55. The van der Waals surface area contributed by atoms with E-state index in [0.717, 1.165) is 10.5 Å². The maximum atomic E-state index is 12.2. The molecule has 114 valence electrons. The van der Waals surface area contributed by atoms with E-state index in [0.29, 0.717) is 12.3 Å². The number of nitrogens with zero attached hydrogens (tertiary/aromatic N) is 1. The first-order valence-corrected chi connectivity index (χ1v) is 6.58. The van der Waals surface area contributed by atoms with Crippen LogP contribution in [0.25, 0.3) is 0 Å². The molecule has 0 unspecified atom stereocenters. The average molecular weight is 294 g/mol. The Morgan fingerprint density at radius 1 is 1.43 bits per heavy atom. The molecule has 3 N–H and O–H groups in total. The number of aliphatic carboxylic acids is 1. The van der Waals surface area contributed by atoms with Gasteiger partial charge in [0.1, 0.15) is 6.04 Å². The molecule has 7 nitrogen and oxygen atoms in total. The molecule has 1 heterocycles. The van der Waals surface area contributed by atoms with E-state index in [1.807, 2.05) is 12.1 Å². The number of urea groups is 1. The number of rotatable bonds is 4. The highest BCUT2D eigenvalue weighted by Gasteiger charge is 2.39. The Bertz CT molecular complexity index is 534. The molecule has 21 heavy (non-hydrogen) atoms. The molecule has 2 amide bonds. The lowest BCUT2D eigenvalue weighted by molar-refractivity contribution is -0.141. The van der Waals surface area contributed by atoms with Crippen LogP contribution < -0.4 is 5.32 Å². The number of carbonyl (C=O) groups excluding carboxylic acids is 1. The van der Waals surface area contributed by atoms with Crippen molar-refractivity contribution in [3.8, 4) is 0 Å². The highest BCUT2D eigenvalue weighted by molar-refractivity contribution is 5.93. The maximum Gasteiger partial charge on any atom is 0.326 e. The van der Waals surface area contributed by atoms with Gasteiger partial charge < -0.3 is 25.2 Å². The number of benzene rings is 1. The van der Waals surface area contributed by atoms with Crippen LogP contribution in [0.4, 0.5) is 10.5 Å². The molecular formula is C14H18N2O5. The molecule has 0 bridgehead atoms. The number of nitrogens with one attached hydrogen (secondary N) is 1. The Morgan fingerprint density at radius 3 is 2.81 bits per heavy atom. The molecule has 0 spiro atoms. The van der Waals surface area contributed by atoms with Crippen molar-refractivity contribution >= 4 is 17.7 Å². The predicted molar refractivity (Wildman–Crippen MR) is 74.9 cm³/mol. The van der Waals surface area contributed by atoms with Gasteiger partial charge in [-0.3, -0.25) is 0 Å². The number of aliphatic hydroxyl groups excluding tert-OH is 1. The quantitative estimate of drug-likeness (QED) is 0.765. The number of methoxy groups -OCH3 is 1. The summed E-state index contributed by atoms with van der Waals surface area (Å²) < 4.78 is 5.05. The van der Waals surface area contributed by atoms with Gasteiger partial charge in [-0.1, -0.05) is 18.2 Å². The minimum Gasteiger partial charge on any atom is -0.480 e. The van der Waals surface area contributed by atoms with Crippen LogP contribution in [0.1, 0.15) is 12.0 Å². The minimum absolute atomic E-state index is 0.00917. The molecule has 2 atom stereocenters. The summed E-state index contributed by atoms with van der Waals surface area (Å²) in [6.07, 6.45) is -0.770. The average Bonchev–Trinajstić information content (AvgIpc) is 2.84. The molecular weight excluding hydrogens is 276 g/mol. The van der Waals surface area contributed by atoms with Crippen LogP contribution in [0.3, 0.4) is 0 Å². The highest BCUT2D eigenvalue weighted by Crippen LogP contribution is 2.21. The fraction of sp³-hybridized carbons (Fsp3) is 0.429. The van der Waals surface area contributed by atoms with Gasteiger partial charge in [0.25, 0.3) is 0 Å². The summed E-state index contributed by atoms with van der Waals surface area (Å²) >= 11 is 0. The number of carboxylic acid groups (broad SMARTS) is 1. The van der Waals surface area contributed by atoms with Crippen LogP contribution in [-0.4, -0.2) is 52.9 Å². The summed E-state index contributed by atoms with van der Waals surface area (Å²) in [7, 11) is 1.55. The normalized spacial score (nSPS) is 21.3. The van der Waals surface area contributed by atoms with Crippen LogP contribution >= 0.6 is 0 Å². The number of para-hydroxylation sites is 1.